The number of nitrogens with one attached hydrogen (secondary N) is 2. The van der Waals surface area contributed by atoms with Crippen LogP contribution in [0.4, 0.5) is 5.69 Å². The van der Waals surface area contributed by atoms with Crippen LogP contribution in [0.2, 0.25) is 0 Å². The number of non-ortho nitro benzene ring substituents is 1. The van der Waals surface area contributed by atoms with Gasteiger partial charge < -0.3 is 4.57 Å². The van der Waals surface area contributed by atoms with Crippen LogP contribution in [0.1, 0.15) is 40.5 Å². The molecule has 0 unspecified atom stereocenters. The van der Waals surface area contributed by atoms with Gasteiger partial charge in [0.25, 0.3) is 11.6 Å². The summed E-state index contributed by atoms with van der Waals surface area (Å²) in [6.45, 7) is 0.618. The Balaban J connectivity index is 1.34. The lowest BCUT2D eigenvalue weighted by Gasteiger charge is -2.10. The summed E-state index contributed by atoms with van der Waals surface area (Å²) in [7, 11) is 0. The first-order chi connectivity index (χ1) is 15.5. The largest absolute Gasteiger partial charge is 0.301 e. The van der Waals surface area contributed by atoms with Gasteiger partial charge in [-0.2, -0.15) is 0 Å². The summed E-state index contributed by atoms with van der Waals surface area (Å²) in [5, 5.41) is 20.1. The number of rotatable bonds is 8. The molecule has 1 saturated carbocycles. The smallest absolute Gasteiger partial charge is 0.270 e. The van der Waals surface area contributed by atoms with Gasteiger partial charge in [0.15, 0.2) is 5.16 Å². The first-order valence-corrected chi connectivity index (χ1v) is 10.9. The van der Waals surface area contributed by atoms with Crippen LogP contribution in [0.15, 0.2) is 59.8 Å². The van der Waals surface area contributed by atoms with E-state index >= 15 is 0 Å². The highest BCUT2D eigenvalue weighted by Gasteiger charge is 2.30. The fraction of sp³-hybridized carbons (Fsp3) is 0.238. The summed E-state index contributed by atoms with van der Waals surface area (Å²) >= 11 is 1.23. The van der Waals surface area contributed by atoms with Crippen LogP contribution in [-0.4, -0.2) is 37.3 Å². The van der Waals surface area contributed by atoms with E-state index in [9.17, 15) is 19.7 Å². The molecule has 1 aliphatic rings. The summed E-state index contributed by atoms with van der Waals surface area (Å²) in [6, 6.07) is 15.2. The van der Waals surface area contributed by atoms with E-state index in [0.29, 0.717) is 17.6 Å². The lowest BCUT2D eigenvalue weighted by molar-refractivity contribution is -0.384. The summed E-state index contributed by atoms with van der Waals surface area (Å²) < 4.78 is 2.03. The average molecular weight is 452 g/mol. The lowest BCUT2D eigenvalue weighted by atomic mass is 10.2. The van der Waals surface area contributed by atoms with Crippen LogP contribution in [0.25, 0.3) is 0 Å². The summed E-state index contributed by atoms with van der Waals surface area (Å²) in [5.41, 5.74) is 5.58. The average Bonchev–Trinajstić information content (AvgIpc) is 3.58. The number of benzene rings is 2. The number of nitrogens with zero attached hydrogens (tertiary/aromatic N) is 4. The number of hydrazine groups is 1. The standard InChI is InChI=1S/C21H20N6O4S/c28-18(22-24-20(29)16-7-4-8-17(11-16)27(30)31)13-32-21-25-23-19(15-9-10-15)26(21)12-14-5-2-1-3-6-14/h1-8,11,15H,9-10,12-13H2,(H,22,28)(H,24,29). The number of carbonyl (C=O) groups excluding carboxylic acids is 2. The van der Waals surface area contributed by atoms with Crippen LogP contribution >= 0.6 is 11.8 Å². The van der Waals surface area contributed by atoms with E-state index in [1.54, 1.807) is 0 Å². The molecule has 11 heteroatoms. The molecule has 4 rings (SSSR count). The summed E-state index contributed by atoms with van der Waals surface area (Å²) in [5.74, 6) is 0.276. The van der Waals surface area contributed by atoms with Gasteiger partial charge in [0.05, 0.1) is 17.2 Å². The van der Waals surface area contributed by atoms with Gasteiger partial charge in [-0.1, -0.05) is 48.2 Å². The predicted molar refractivity (Wildman–Crippen MR) is 117 cm³/mol. The molecule has 0 atom stereocenters. The predicted octanol–water partition coefficient (Wildman–Crippen LogP) is 2.67. The third kappa shape index (κ3) is 5.30. The number of hydrogen-bond acceptors (Lipinski definition) is 7. The van der Waals surface area contributed by atoms with Gasteiger partial charge in [-0.15, -0.1) is 10.2 Å². The van der Waals surface area contributed by atoms with Crippen molar-refractivity contribution in [1.29, 1.82) is 0 Å². The maximum absolute atomic E-state index is 12.2. The van der Waals surface area contributed by atoms with Crippen molar-refractivity contribution in [3.8, 4) is 0 Å². The van der Waals surface area contributed by atoms with Gasteiger partial charge in [-0.25, -0.2) is 0 Å². The van der Waals surface area contributed by atoms with Gasteiger partial charge in [0.2, 0.25) is 5.91 Å². The lowest BCUT2D eigenvalue weighted by Crippen LogP contribution is -2.42. The molecule has 1 fully saturated rings. The van der Waals surface area contributed by atoms with E-state index in [1.165, 1.54) is 30.0 Å². The Morgan fingerprint density at radius 3 is 2.59 bits per heavy atom. The van der Waals surface area contributed by atoms with Gasteiger partial charge >= 0.3 is 0 Å². The van der Waals surface area contributed by atoms with Gasteiger partial charge in [0.1, 0.15) is 5.82 Å². The highest BCUT2D eigenvalue weighted by molar-refractivity contribution is 7.99. The fourth-order valence-electron chi connectivity index (χ4n) is 3.09. The molecule has 0 bridgehead atoms. The second-order valence-electron chi connectivity index (χ2n) is 7.29. The number of thioether (sulfide) groups is 1. The van der Waals surface area contributed by atoms with E-state index < -0.39 is 16.7 Å². The molecule has 3 aromatic rings. The van der Waals surface area contributed by atoms with Crippen molar-refractivity contribution < 1.29 is 14.5 Å². The van der Waals surface area contributed by atoms with Crippen molar-refractivity contribution >= 4 is 29.3 Å². The zero-order chi connectivity index (χ0) is 22.5. The molecule has 1 heterocycles. The third-order valence-corrected chi connectivity index (χ3v) is 5.81. The highest BCUT2D eigenvalue weighted by Crippen LogP contribution is 2.40. The number of nitro groups is 1. The molecule has 0 radical (unpaired) electrons. The Kier molecular flexibility index (Phi) is 6.45. The molecule has 2 aromatic carbocycles. The highest BCUT2D eigenvalue weighted by atomic mass is 32.2. The number of amides is 2. The monoisotopic (exact) mass is 452 g/mol. The molecule has 2 amide bonds. The van der Waals surface area contributed by atoms with E-state index in [2.05, 4.69) is 21.0 Å². The van der Waals surface area contributed by atoms with Crippen molar-refractivity contribution in [2.45, 2.75) is 30.5 Å². The molecule has 10 nitrogen and oxygen atoms in total. The van der Waals surface area contributed by atoms with E-state index in [0.717, 1.165) is 30.3 Å². The maximum Gasteiger partial charge on any atom is 0.270 e. The quantitative estimate of drug-likeness (QED) is 0.305. The Hall–Kier alpha value is -3.73. The SMILES string of the molecule is O=C(CSc1nnc(C2CC2)n1Cc1ccccc1)NNC(=O)c1cccc([N+](=O)[O-])c1. The Morgan fingerprint density at radius 1 is 1.09 bits per heavy atom. The third-order valence-electron chi connectivity index (χ3n) is 4.84. The number of nitro benzene ring substituents is 1. The van der Waals surface area contributed by atoms with Crippen LogP contribution in [-0.2, 0) is 11.3 Å². The first kappa shape index (κ1) is 21.5. The maximum atomic E-state index is 12.2. The molecular weight excluding hydrogens is 432 g/mol. The van der Waals surface area contributed by atoms with Gasteiger partial charge in [-0.05, 0) is 24.5 Å². The molecule has 0 spiro atoms. The van der Waals surface area contributed by atoms with Crippen LogP contribution in [0.3, 0.4) is 0 Å². The number of hydrogen-bond donors (Lipinski definition) is 2. The minimum absolute atomic E-state index is 0.0206. The van der Waals surface area contributed by atoms with E-state index in [1.807, 2.05) is 34.9 Å². The molecule has 0 saturated heterocycles. The van der Waals surface area contributed by atoms with Crippen molar-refractivity contribution in [2.24, 2.45) is 0 Å². The molecule has 2 N–H and O–H groups in total. The van der Waals surface area contributed by atoms with Crippen molar-refractivity contribution in [2.75, 3.05) is 5.75 Å². The first-order valence-electron chi connectivity index (χ1n) is 9.94. The van der Waals surface area contributed by atoms with Gasteiger partial charge in [0, 0.05) is 23.6 Å². The van der Waals surface area contributed by atoms with Crippen LogP contribution in [0, 0.1) is 10.1 Å². The fourth-order valence-corrected chi connectivity index (χ4v) is 3.84. The Morgan fingerprint density at radius 2 is 1.88 bits per heavy atom. The van der Waals surface area contributed by atoms with Crippen LogP contribution < -0.4 is 10.9 Å². The second kappa shape index (κ2) is 9.60. The molecule has 32 heavy (non-hydrogen) atoms. The normalized spacial score (nSPS) is 12.9. The minimum Gasteiger partial charge on any atom is -0.301 e. The molecular formula is C21H20N6O4S. The van der Waals surface area contributed by atoms with E-state index in [-0.39, 0.29) is 17.0 Å². The minimum atomic E-state index is -0.643. The van der Waals surface area contributed by atoms with E-state index in [4.69, 9.17) is 0 Å². The molecule has 164 valence electrons. The van der Waals surface area contributed by atoms with Crippen molar-refractivity contribution in [3.63, 3.8) is 0 Å². The van der Waals surface area contributed by atoms with Gasteiger partial charge in [-0.3, -0.25) is 30.6 Å². The summed E-state index contributed by atoms with van der Waals surface area (Å²) in [4.78, 5) is 34.6. The topological polar surface area (TPSA) is 132 Å². The molecule has 1 aromatic heterocycles. The zero-order valence-corrected chi connectivity index (χ0v) is 17.7. The second-order valence-corrected chi connectivity index (χ2v) is 8.23. The van der Waals surface area contributed by atoms with Crippen molar-refractivity contribution in [3.05, 3.63) is 81.7 Å². The van der Waals surface area contributed by atoms with Crippen LogP contribution in [0.5, 0.6) is 0 Å². The summed E-state index contributed by atoms with van der Waals surface area (Å²) in [6.07, 6.45) is 2.17. The molecule has 1 aliphatic carbocycles. The number of carbonyl (C=O) groups is 2. The van der Waals surface area contributed by atoms with Crippen molar-refractivity contribution in [1.82, 2.24) is 25.6 Å². The Bertz CT molecular complexity index is 1150. The zero-order valence-electron chi connectivity index (χ0n) is 16.9. The molecule has 0 aliphatic heterocycles. The Labute approximate surface area is 187 Å². The number of aromatic nitrogens is 3.